The predicted molar refractivity (Wildman–Crippen MR) is 80.0 cm³/mol. The highest BCUT2D eigenvalue weighted by atomic mass is 19.1. The highest BCUT2D eigenvalue weighted by molar-refractivity contribution is 5.91. The van der Waals surface area contributed by atoms with Gasteiger partial charge in [-0.25, -0.2) is 4.39 Å². The van der Waals surface area contributed by atoms with Crippen LogP contribution >= 0.6 is 0 Å². The molecule has 1 amide bonds. The largest absolute Gasteiger partial charge is 0.351 e. The molecule has 2 heterocycles. The number of hydrogen-bond donors (Lipinski definition) is 0. The molecule has 0 unspecified atom stereocenters. The van der Waals surface area contributed by atoms with Crippen LogP contribution in [0.3, 0.4) is 0 Å². The van der Waals surface area contributed by atoms with Gasteiger partial charge in [0.25, 0.3) is 5.91 Å². The van der Waals surface area contributed by atoms with Gasteiger partial charge in [-0.15, -0.1) is 0 Å². The summed E-state index contributed by atoms with van der Waals surface area (Å²) in [4.78, 5) is 14.5. The molecule has 4 nitrogen and oxygen atoms in total. The zero-order chi connectivity index (χ0) is 15.5. The monoisotopic (exact) mass is 302 g/mol. The van der Waals surface area contributed by atoms with E-state index in [1.165, 1.54) is 12.1 Å². The fraction of sp³-hybridized carbons (Fsp3) is 0.412. The lowest BCUT2D eigenvalue weighted by molar-refractivity contribution is 0.0571. The Bertz CT molecular complexity index is 651. The SMILES string of the molecule is Cc1cc(C(=O)N2CCCC[C@@H]2Cc2ccc(F)cc2)on1. The normalized spacial score (nSPS) is 18.5. The number of piperidine rings is 1. The average molecular weight is 302 g/mol. The van der Waals surface area contributed by atoms with E-state index in [4.69, 9.17) is 4.52 Å². The minimum Gasteiger partial charge on any atom is -0.351 e. The third-order valence-electron chi connectivity index (χ3n) is 4.11. The van der Waals surface area contributed by atoms with Crippen molar-refractivity contribution in [1.82, 2.24) is 10.1 Å². The number of carbonyl (C=O) groups excluding carboxylic acids is 1. The quantitative estimate of drug-likeness (QED) is 0.873. The van der Waals surface area contributed by atoms with Gasteiger partial charge in [-0.3, -0.25) is 4.79 Å². The molecule has 2 aromatic rings. The first-order chi connectivity index (χ1) is 10.6. The van der Waals surface area contributed by atoms with E-state index >= 15 is 0 Å². The first-order valence-electron chi connectivity index (χ1n) is 7.62. The molecule has 0 spiro atoms. The van der Waals surface area contributed by atoms with E-state index in [0.717, 1.165) is 37.8 Å². The molecular formula is C17H19FN2O2. The number of likely N-dealkylation sites (tertiary alicyclic amines) is 1. The third-order valence-corrected chi connectivity index (χ3v) is 4.11. The van der Waals surface area contributed by atoms with Gasteiger partial charge in [-0.05, 0) is 50.3 Å². The number of rotatable bonds is 3. The van der Waals surface area contributed by atoms with Crippen molar-refractivity contribution in [3.8, 4) is 0 Å². The number of aryl methyl sites for hydroxylation is 1. The maximum atomic E-state index is 13.0. The standard InChI is InChI=1S/C17H19FN2O2/c1-12-10-16(22-19-12)17(21)20-9-3-2-4-15(20)11-13-5-7-14(18)8-6-13/h5-8,10,15H,2-4,9,11H2,1H3/t15-/m1/s1. The summed E-state index contributed by atoms with van der Waals surface area (Å²) < 4.78 is 18.1. The molecule has 1 aromatic carbocycles. The average Bonchev–Trinajstić information content (AvgIpc) is 2.96. The van der Waals surface area contributed by atoms with E-state index in [9.17, 15) is 9.18 Å². The molecule has 1 atom stereocenters. The molecule has 0 aliphatic carbocycles. The Balaban J connectivity index is 1.76. The van der Waals surface area contributed by atoms with Crippen LogP contribution in [-0.4, -0.2) is 28.6 Å². The lowest BCUT2D eigenvalue weighted by atomic mass is 9.95. The lowest BCUT2D eigenvalue weighted by Gasteiger charge is -2.35. The molecule has 3 rings (SSSR count). The molecule has 0 N–H and O–H groups in total. The van der Waals surface area contributed by atoms with Crippen molar-refractivity contribution in [1.29, 1.82) is 0 Å². The van der Waals surface area contributed by atoms with Gasteiger partial charge in [0.1, 0.15) is 5.82 Å². The van der Waals surface area contributed by atoms with E-state index in [2.05, 4.69) is 5.16 Å². The van der Waals surface area contributed by atoms with Crippen molar-refractivity contribution < 1.29 is 13.7 Å². The maximum Gasteiger partial charge on any atom is 0.292 e. The van der Waals surface area contributed by atoms with Crippen LogP contribution in [0.2, 0.25) is 0 Å². The Hall–Kier alpha value is -2.17. The zero-order valence-electron chi connectivity index (χ0n) is 12.6. The van der Waals surface area contributed by atoms with Crippen molar-refractivity contribution in [2.24, 2.45) is 0 Å². The van der Waals surface area contributed by atoms with Gasteiger partial charge in [-0.1, -0.05) is 17.3 Å². The molecule has 1 aliphatic rings. The number of carbonyl (C=O) groups is 1. The molecule has 0 bridgehead atoms. The van der Waals surface area contributed by atoms with Crippen LogP contribution in [0, 0.1) is 12.7 Å². The van der Waals surface area contributed by atoms with Gasteiger partial charge in [-0.2, -0.15) is 0 Å². The van der Waals surface area contributed by atoms with Crippen LogP contribution in [0.1, 0.15) is 41.1 Å². The van der Waals surface area contributed by atoms with E-state index < -0.39 is 0 Å². The summed E-state index contributed by atoms with van der Waals surface area (Å²) in [6, 6.07) is 8.29. The van der Waals surface area contributed by atoms with Crippen LogP contribution in [0.5, 0.6) is 0 Å². The first kappa shape index (κ1) is 14.8. The lowest BCUT2D eigenvalue weighted by Crippen LogP contribution is -2.44. The Kier molecular flexibility index (Phi) is 4.22. The van der Waals surface area contributed by atoms with Crippen LogP contribution in [0.15, 0.2) is 34.9 Å². The van der Waals surface area contributed by atoms with Gasteiger partial charge >= 0.3 is 0 Å². The molecule has 0 saturated carbocycles. The van der Waals surface area contributed by atoms with Crippen LogP contribution in [0.25, 0.3) is 0 Å². The third kappa shape index (κ3) is 3.18. The van der Waals surface area contributed by atoms with Crippen molar-refractivity contribution in [2.45, 2.75) is 38.6 Å². The Morgan fingerprint density at radius 1 is 1.36 bits per heavy atom. The molecule has 5 heteroatoms. The maximum absolute atomic E-state index is 13.0. The van der Waals surface area contributed by atoms with Gasteiger partial charge in [0.05, 0.1) is 5.69 Å². The Morgan fingerprint density at radius 3 is 2.82 bits per heavy atom. The molecule has 1 fully saturated rings. The molecule has 116 valence electrons. The highest BCUT2D eigenvalue weighted by Crippen LogP contribution is 2.23. The number of benzene rings is 1. The van der Waals surface area contributed by atoms with Crippen molar-refractivity contribution in [2.75, 3.05) is 6.54 Å². The number of amides is 1. The Labute approximate surface area is 128 Å². The fourth-order valence-electron chi connectivity index (χ4n) is 2.98. The minimum absolute atomic E-state index is 0.104. The van der Waals surface area contributed by atoms with Crippen molar-refractivity contribution >= 4 is 5.91 Å². The van der Waals surface area contributed by atoms with Crippen LogP contribution in [-0.2, 0) is 6.42 Å². The second-order valence-corrected chi connectivity index (χ2v) is 5.81. The minimum atomic E-state index is -0.238. The summed E-state index contributed by atoms with van der Waals surface area (Å²) in [5.41, 5.74) is 1.75. The summed E-state index contributed by atoms with van der Waals surface area (Å²) >= 11 is 0. The molecule has 22 heavy (non-hydrogen) atoms. The summed E-state index contributed by atoms with van der Waals surface area (Å²) in [6.45, 7) is 2.52. The smallest absolute Gasteiger partial charge is 0.292 e. The van der Waals surface area contributed by atoms with Gasteiger partial charge in [0.15, 0.2) is 0 Å². The predicted octanol–water partition coefficient (Wildman–Crippen LogP) is 3.36. The fourth-order valence-corrected chi connectivity index (χ4v) is 2.98. The van der Waals surface area contributed by atoms with E-state index in [1.54, 1.807) is 25.1 Å². The number of halogens is 1. The summed E-state index contributed by atoms with van der Waals surface area (Å²) in [5, 5.41) is 3.79. The number of aromatic nitrogens is 1. The molecule has 0 radical (unpaired) electrons. The molecule has 1 aliphatic heterocycles. The molecule has 1 saturated heterocycles. The van der Waals surface area contributed by atoms with E-state index in [1.807, 2.05) is 4.90 Å². The number of nitrogens with zero attached hydrogens (tertiary/aromatic N) is 2. The summed E-state index contributed by atoms with van der Waals surface area (Å²) in [6.07, 6.45) is 3.79. The second-order valence-electron chi connectivity index (χ2n) is 5.81. The van der Waals surface area contributed by atoms with Gasteiger partial charge in [0.2, 0.25) is 5.76 Å². The zero-order valence-corrected chi connectivity index (χ0v) is 12.6. The van der Waals surface area contributed by atoms with Gasteiger partial charge in [0, 0.05) is 18.7 Å². The summed E-state index contributed by atoms with van der Waals surface area (Å²) in [7, 11) is 0. The van der Waals surface area contributed by atoms with E-state index in [0.29, 0.717) is 11.5 Å². The van der Waals surface area contributed by atoms with E-state index in [-0.39, 0.29) is 17.8 Å². The van der Waals surface area contributed by atoms with Crippen molar-refractivity contribution in [3.05, 3.63) is 53.2 Å². The van der Waals surface area contributed by atoms with Crippen molar-refractivity contribution in [3.63, 3.8) is 0 Å². The van der Waals surface area contributed by atoms with Gasteiger partial charge < -0.3 is 9.42 Å². The van der Waals surface area contributed by atoms with Crippen LogP contribution in [0.4, 0.5) is 4.39 Å². The first-order valence-corrected chi connectivity index (χ1v) is 7.62. The highest BCUT2D eigenvalue weighted by Gasteiger charge is 2.29. The summed E-state index contributed by atoms with van der Waals surface area (Å²) in [5.74, 6) is -0.0478. The Morgan fingerprint density at radius 2 is 2.14 bits per heavy atom. The molecule has 1 aromatic heterocycles. The number of hydrogen-bond acceptors (Lipinski definition) is 3. The molecular weight excluding hydrogens is 283 g/mol. The topological polar surface area (TPSA) is 46.3 Å². The van der Waals surface area contributed by atoms with Crippen LogP contribution < -0.4 is 0 Å². The second kappa shape index (κ2) is 6.30.